The van der Waals surface area contributed by atoms with Crippen LogP contribution in [0.4, 0.5) is 5.69 Å². The molecule has 0 saturated heterocycles. The molecule has 7 nitrogen and oxygen atoms in total. The molecule has 0 aliphatic rings. The van der Waals surface area contributed by atoms with E-state index in [-0.39, 0.29) is 24.0 Å². The van der Waals surface area contributed by atoms with Gasteiger partial charge in [0.15, 0.2) is 0 Å². The number of sulfonamides is 1. The predicted octanol–water partition coefficient (Wildman–Crippen LogP) is 2.10. The van der Waals surface area contributed by atoms with E-state index in [9.17, 15) is 13.2 Å². The number of rotatable bonds is 6. The molecule has 0 atom stereocenters. The van der Waals surface area contributed by atoms with Crippen molar-refractivity contribution >= 4 is 43.2 Å². The Morgan fingerprint density at radius 1 is 1.16 bits per heavy atom. The topological polar surface area (TPSA) is 111 Å². The van der Waals surface area contributed by atoms with Crippen LogP contribution in [0.5, 0.6) is 0 Å². The Labute approximate surface area is 148 Å². The fourth-order valence-electron chi connectivity index (χ4n) is 2.14. The lowest BCUT2D eigenvalue weighted by atomic mass is 10.3. The molecule has 0 spiro atoms. The number of carbonyl (C=O) groups is 1. The van der Waals surface area contributed by atoms with Crippen LogP contribution >= 0.6 is 11.3 Å². The fraction of sp³-hybridized carbons (Fsp3) is 0.125. The van der Waals surface area contributed by atoms with E-state index >= 15 is 0 Å². The van der Waals surface area contributed by atoms with Gasteiger partial charge in [-0.15, -0.1) is 11.3 Å². The predicted molar refractivity (Wildman–Crippen MR) is 95.7 cm³/mol. The molecular formula is C16H15N3O4S2. The van der Waals surface area contributed by atoms with E-state index < -0.39 is 10.0 Å². The van der Waals surface area contributed by atoms with Crippen molar-refractivity contribution < 1.29 is 17.9 Å². The van der Waals surface area contributed by atoms with E-state index in [0.717, 1.165) is 15.2 Å². The molecule has 0 unspecified atom stereocenters. The van der Waals surface area contributed by atoms with E-state index in [0.29, 0.717) is 5.69 Å². The molecule has 0 radical (unpaired) electrons. The van der Waals surface area contributed by atoms with Crippen LogP contribution in [0.2, 0.25) is 0 Å². The number of hydrogen-bond donors (Lipinski definition) is 2. The molecule has 1 heterocycles. The van der Waals surface area contributed by atoms with Crippen LogP contribution in [0.3, 0.4) is 0 Å². The number of anilines is 1. The minimum atomic E-state index is -3.75. The second-order valence-corrected chi connectivity index (χ2v) is 7.86. The SMILES string of the molecule is NS(=O)(=O)c1ccc(NC(=O)COCc2nc3ccccc3s2)cc1. The zero-order chi connectivity index (χ0) is 17.9. The Hall–Kier alpha value is -2.33. The lowest BCUT2D eigenvalue weighted by molar-refractivity contribution is -0.121. The van der Waals surface area contributed by atoms with Gasteiger partial charge >= 0.3 is 0 Å². The molecule has 130 valence electrons. The average Bonchev–Trinajstić information content (AvgIpc) is 2.97. The Morgan fingerprint density at radius 3 is 2.56 bits per heavy atom. The molecule has 9 heteroatoms. The van der Waals surface area contributed by atoms with E-state index in [1.165, 1.54) is 35.6 Å². The smallest absolute Gasteiger partial charge is 0.250 e. The molecular weight excluding hydrogens is 362 g/mol. The number of fused-ring (bicyclic) bond motifs is 1. The third-order valence-corrected chi connectivity index (χ3v) is 5.20. The first kappa shape index (κ1) is 17.5. The fourth-order valence-corrected chi connectivity index (χ4v) is 3.56. The third kappa shape index (κ3) is 4.60. The van der Waals surface area contributed by atoms with Gasteiger partial charge in [-0.1, -0.05) is 12.1 Å². The number of nitrogens with one attached hydrogen (secondary N) is 1. The van der Waals surface area contributed by atoms with Crippen molar-refractivity contribution in [3.63, 3.8) is 0 Å². The average molecular weight is 377 g/mol. The maximum Gasteiger partial charge on any atom is 0.250 e. The molecule has 3 aromatic rings. The second kappa shape index (κ2) is 7.28. The van der Waals surface area contributed by atoms with Crippen molar-refractivity contribution in [2.45, 2.75) is 11.5 Å². The highest BCUT2D eigenvalue weighted by Gasteiger charge is 2.09. The second-order valence-electron chi connectivity index (χ2n) is 5.19. The number of ether oxygens (including phenoxy) is 1. The summed E-state index contributed by atoms with van der Waals surface area (Å²) in [6.07, 6.45) is 0. The van der Waals surface area contributed by atoms with Crippen molar-refractivity contribution in [2.75, 3.05) is 11.9 Å². The highest BCUT2D eigenvalue weighted by molar-refractivity contribution is 7.89. The minimum absolute atomic E-state index is 0.0161. The molecule has 1 aromatic heterocycles. The summed E-state index contributed by atoms with van der Waals surface area (Å²) in [5, 5.41) is 8.43. The van der Waals surface area contributed by atoms with Gasteiger partial charge < -0.3 is 10.1 Å². The Balaban J connectivity index is 1.51. The standard InChI is InChI=1S/C16H15N3O4S2/c17-25(21,22)12-7-5-11(6-8-12)18-15(20)9-23-10-16-19-13-3-1-2-4-14(13)24-16/h1-8H,9-10H2,(H,18,20)(H2,17,21,22). The van der Waals surface area contributed by atoms with Gasteiger partial charge in [0.2, 0.25) is 15.9 Å². The Morgan fingerprint density at radius 2 is 1.88 bits per heavy atom. The molecule has 3 N–H and O–H groups in total. The van der Waals surface area contributed by atoms with Crippen LogP contribution in [0.15, 0.2) is 53.4 Å². The van der Waals surface area contributed by atoms with Crippen molar-refractivity contribution in [3.8, 4) is 0 Å². The van der Waals surface area contributed by atoms with Crippen molar-refractivity contribution in [1.82, 2.24) is 4.98 Å². The number of thiazole rings is 1. The summed E-state index contributed by atoms with van der Waals surface area (Å²) in [7, 11) is -3.75. The van der Waals surface area contributed by atoms with Crippen LogP contribution < -0.4 is 10.5 Å². The lowest BCUT2D eigenvalue weighted by Crippen LogP contribution is -2.18. The number of benzene rings is 2. The first-order chi connectivity index (χ1) is 11.9. The monoisotopic (exact) mass is 377 g/mol. The summed E-state index contributed by atoms with van der Waals surface area (Å²) < 4.78 is 28.8. The van der Waals surface area contributed by atoms with Gasteiger partial charge in [-0.25, -0.2) is 18.5 Å². The Bertz CT molecular complexity index is 965. The lowest BCUT2D eigenvalue weighted by Gasteiger charge is -2.06. The first-order valence-electron chi connectivity index (χ1n) is 7.27. The van der Waals surface area contributed by atoms with Crippen LogP contribution in [-0.4, -0.2) is 25.9 Å². The van der Waals surface area contributed by atoms with Gasteiger partial charge in [0, 0.05) is 5.69 Å². The largest absolute Gasteiger partial charge is 0.364 e. The zero-order valence-corrected chi connectivity index (χ0v) is 14.6. The number of amides is 1. The number of aromatic nitrogens is 1. The quantitative estimate of drug-likeness (QED) is 0.683. The van der Waals surface area contributed by atoms with Crippen LogP contribution in [0.25, 0.3) is 10.2 Å². The maximum atomic E-state index is 11.9. The van der Waals surface area contributed by atoms with Gasteiger partial charge in [-0.2, -0.15) is 0 Å². The number of para-hydroxylation sites is 1. The highest BCUT2D eigenvalue weighted by Crippen LogP contribution is 2.21. The van der Waals surface area contributed by atoms with Gasteiger partial charge in [-0.05, 0) is 36.4 Å². The van der Waals surface area contributed by atoms with Gasteiger partial charge in [0.1, 0.15) is 11.6 Å². The number of nitrogens with zero attached hydrogens (tertiary/aromatic N) is 1. The van der Waals surface area contributed by atoms with Gasteiger partial charge in [-0.3, -0.25) is 4.79 Å². The van der Waals surface area contributed by atoms with Gasteiger partial charge in [0.05, 0.1) is 21.7 Å². The van der Waals surface area contributed by atoms with E-state index in [1.54, 1.807) is 0 Å². The maximum absolute atomic E-state index is 11.9. The van der Waals surface area contributed by atoms with Crippen molar-refractivity contribution in [2.24, 2.45) is 5.14 Å². The summed E-state index contributed by atoms with van der Waals surface area (Å²) in [6.45, 7) is 0.115. The summed E-state index contributed by atoms with van der Waals surface area (Å²) in [5.74, 6) is -0.343. The van der Waals surface area contributed by atoms with E-state index in [4.69, 9.17) is 9.88 Å². The number of nitrogens with two attached hydrogens (primary N) is 1. The Kier molecular flexibility index (Phi) is 5.09. The van der Waals surface area contributed by atoms with Crippen molar-refractivity contribution in [1.29, 1.82) is 0 Å². The zero-order valence-electron chi connectivity index (χ0n) is 13.0. The summed E-state index contributed by atoms with van der Waals surface area (Å²) >= 11 is 1.52. The summed E-state index contributed by atoms with van der Waals surface area (Å²) in [6, 6.07) is 13.3. The number of hydrogen-bond acceptors (Lipinski definition) is 6. The third-order valence-electron chi connectivity index (χ3n) is 3.26. The van der Waals surface area contributed by atoms with Crippen LogP contribution in [0.1, 0.15) is 5.01 Å². The molecule has 3 rings (SSSR count). The minimum Gasteiger partial charge on any atom is -0.364 e. The van der Waals surface area contributed by atoms with E-state index in [2.05, 4.69) is 10.3 Å². The molecule has 25 heavy (non-hydrogen) atoms. The molecule has 0 aliphatic heterocycles. The number of primary sulfonamides is 1. The van der Waals surface area contributed by atoms with Crippen LogP contribution in [-0.2, 0) is 26.2 Å². The van der Waals surface area contributed by atoms with Gasteiger partial charge in [0.25, 0.3) is 0 Å². The van der Waals surface area contributed by atoms with E-state index in [1.807, 2.05) is 24.3 Å². The molecule has 0 bridgehead atoms. The molecule has 0 saturated carbocycles. The normalized spacial score (nSPS) is 11.6. The van der Waals surface area contributed by atoms with Crippen LogP contribution in [0, 0.1) is 0 Å². The van der Waals surface area contributed by atoms with Crippen molar-refractivity contribution in [3.05, 3.63) is 53.5 Å². The summed E-state index contributed by atoms with van der Waals surface area (Å²) in [4.78, 5) is 16.3. The number of carbonyl (C=O) groups excluding carboxylic acids is 1. The molecule has 1 amide bonds. The summed E-state index contributed by atoms with van der Waals surface area (Å²) in [5.41, 5.74) is 1.37. The molecule has 2 aromatic carbocycles. The highest BCUT2D eigenvalue weighted by atomic mass is 32.2. The molecule has 0 aliphatic carbocycles. The first-order valence-corrected chi connectivity index (χ1v) is 9.63. The molecule has 0 fully saturated rings.